The first-order valence-corrected chi connectivity index (χ1v) is 4.56. The highest BCUT2D eigenvalue weighted by atomic mass is 16.5. The standard InChI is InChI=1S/C9H17NO/c1-7(10)4-8-5-9(8)2-3-11-6-9/h7-8H,2-6,10H2,1H3. The van der Waals surface area contributed by atoms with Gasteiger partial charge < -0.3 is 10.5 Å². The molecule has 2 nitrogen and oxygen atoms in total. The Hall–Kier alpha value is -0.0800. The van der Waals surface area contributed by atoms with Crippen molar-refractivity contribution in [1.29, 1.82) is 0 Å². The molecule has 1 heterocycles. The normalized spacial score (nSPS) is 44.7. The van der Waals surface area contributed by atoms with Crippen LogP contribution in [0.2, 0.25) is 0 Å². The van der Waals surface area contributed by atoms with Crippen molar-refractivity contribution < 1.29 is 4.74 Å². The van der Waals surface area contributed by atoms with Gasteiger partial charge in [-0.2, -0.15) is 0 Å². The Kier molecular flexibility index (Phi) is 1.69. The highest BCUT2D eigenvalue weighted by Crippen LogP contribution is 2.59. The monoisotopic (exact) mass is 155 g/mol. The lowest BCUT2D eigenvalue weighted by molar-refractivity contribution is 0.178. The molecule has 2 N–H and O–H groups in total. The average molecular weight is 155 g/mol. The maximum atomic E-state index is 5.74. The van der Waals surface area contributed by atoms with E-state index in [1.807, 2.05) is 0 Å². The van der Waals surface area contributed by atoms with Crippen LogP contribution < -0.4 is 5.73 Å². The van der Waals surface area contributed by atoms with Gasteiger partial charge in [0.15, 0.2) is 0 Å². The Labute approximate surface area is 68.1 Å². The number of hydrogen-bond donors (Lipinski definition) is 1. The third kappa shape index (κ3) is 1.30. The molecule has 64 valence electrons. The van der Waals surface area contributed by atoms with Crippen LogP contribution in [0, 0.1) is 11.3 Å². The van der Waals surface area contributed by atoms with Crippen molar-refractivity contribution in [3.63, 3.8) is 0 Å². The molecule has 2 heteroatoms. The van der Waals surface area contributed by atoms with Gasteiger partial charge in [-0.25, -0.2) is 0 Å². The molecule has 1 aliphatic carbocycles. The summed E-state index contributed by atoms with van der Waals surface area (Å²) in [7, 11) is 0. The van der Waals surface area contributed by atoms with Gasteiger partial charge in [0.05, 0.1) is 6.61 Å². The molecule has 2 fully saturated rings. The molecule has 1 spiro atoms. The van der Waals surface area contributed by atoms with E-state index < -0.39 is 0 Å². The Morgan fingerprint density at radius 1 is 1.73 bits per heavy atom. The second-order valence-electron chi connectivity index (χ2n) is 4.28. The smallest absolute Gasteiger partial charge is 0.0526 e. The quantitative estimate of drug-likeness (QED) is 0.649. The minimum absolute atomic E-state index is 0.375. The SMILES string of the molecule is CC(N)CC1CC12CCOC2. The van der Waals surface area contributed by atoms with Crippen LogP contribution in [0.1, 0.15) is 26.2 Å². The molecule has 0 bridgehead atoms. The first-order chi connectivity index (χ1) is 5.23. The largest absolute Gasteiger partial charge is 0.381 e. The van der Waals surface area contributed by atoms with Gasteiger partial charge in [0.1, 0.15) is 0 Å². The fourth-order valence-corrected chi connectivity index (χ4v) is 2.32. The Bertz CT molecular complexity index is 150. The predicted molar refractivity (Wildman–Crippen MR) is 44.2 cm³/mol. The molecule has 1 saturated heterocycles. The van der Waals surface area contributed by atoms with Crippen LogP contribution in [-0.2, 0) is 4.74 Å². The van der Waals surface area contributed by atoms with E-state index in [4.69, 9.17) is 10.5 Å². The van der Waals surface area contributed by atoms with Crippen molar-refractivity contribution in [2.24, 2.45) is 17.1 Å². The van der Waals surface area contributed by atoms with E-state index in [0.29, 0.717) is 11.5 Å². The third-order valence-electron chi connectivity index (χ3n) is 3.15. The van der Waals surface area contributed by atoms with E-state index in [9.17, 15) is 0 Å². The maximum absolute atomic E-state index is 5.74. The molecule has 1 saturated carbocycles. The van der Waals surface area contributed by atoms with Gasteiger partial charge in [0, 0.05) is 12.6 Å². The summed E-state index contributed by atoms with van der Waals surface area (Å²) in [5.41, 5.74) is 6.33. The zero-order valence-corrected chi connectivity index (χ0v) is 7.18. The molecule has 11 heavy (non-hydrogen) atoms. The van der Waals surface area contributed by atoms with E-state index in [1.54, 1.807) is 0 Å². The topological polar surface area (TPSA) is 35.2 Å². The third-order valence-corrected chi connectivity index (χ3v) is 3.15. The summed E-state index contributed by atoms with van der Waals surface area (Å²) >= 11 is 0. The molecule has 3 atom stereocenters. The summed E-state index contributed by atoms with van der Waals surface area (Å²) in [4.78, 5) is 0. The highest BCUT2D eigenvalue weighted by Gasteiger charge is 2.55. The number of nitrogens with two attached hydrogens (primary N) is 1. The van der Waals surface area contributed by atoms with Crippen LogP contribution >= 0.6 is 0 Å². The minimum atomic E-state index is 0.375. The Morgan fingerprint density at radius 3 is 3.09 bits per heavy atom. The fourth-order valence-electron chi connectivity index (χ4n) is 2.32. The highest BCUT2D eigenvalue weighted by molar-refractivity contribution is 5.04. The van der Waals surface area contributed by atoms with Gasteiger partial charge in [0.25, 0.3) is 0 Å². The molecule has 3 unspecified atom stereocenters. The van der Waals surface area contributed by atoms with Crippen molar-refractivity contribution in [2.45, 2.75) is 32.2 Å². The summed E-state index contributed by atoms with van der Waals surface area (Å²) < 4.78 is 5.39. The number of hydrogen-bond acceptors (Lipinski definition) is 2. The van der Waals surface area contributed by atoms with Gasteiger partial charge in [-0.3, -0.25) is 0 Å². The molecule has 1 aliphatic heterocycles. The second kappa shape index (κ2) is 2.46. The molecule has 2 rings (SSSR count). The molecule has 0 aromatic heterocycles. The molecule has 0 aromatic carbocycles. The van der Waals surface area contributed by atoms with Crippen molar-refractivity contribution in [3.05, 3.63) is 0 Å². The van der Waals surface area contributed by atoms with Crippen molar-refractivity contribution in [1.82, 2.24) is 0 Å². The van der Waals surface area contributed by atoms with E-state index in [2.05, 4.69) is 6.92 Å². The zero-order valence-electron chi connectivity index (χ0n) is 7.18. The van der Waals surface area contributed by atoms with Gasteiger partial charge in [-0.1, -0.05) is 0 Å². The van der Waals surface area contributed by atoms with Crippen molar-refractivity contribution in [3.8, 4) is 0 Å². The molecule has 0 amide bonds. The summed E-state index contributed by atoms with van der Waals surface area (Å²) in [5, 5.41) is 0. The average Bonchev–Trinajstić information content (AvgIpc) is 2.43. The lowest BCUT2D eigenvalue weighted by atomic mass is 10.00. The molecular formula is C9H17NO. The summed E-state index contributed by atoms with van der Waals surface area (Å²) in [6, 6.07) is 0.375. The summed E-state index contributed by atoms with van der Waals surface area (Å²) in [6.45, 7) is 4.08. The van der Waals surface area contributed by atoms with Gasteiger partial charge >= 0.3 is 0 Å². The van der Waals surface area contributed by atoms with Gasteiger partial charge in [-0.15, -0.1) is 0 Å². The molecule has 2 aliphatic rings. The molecule has 0 aromatic rings. The number of rotatable bonds is 2. The first-order valence-electron chi connectivity index (χ1n) is 4.56. The van der Waals surface area contributed by atoms with Crippen LogP contribution in [0.25, 0.3) is 0 Å². The zero-order chi connectivity index (χ0) is 7.90. The van der Waals surface area contributed by atoms with E-state index in [0.717, 1.165) is 19.1 Å². The van der Waals surface area contributed by atoms with Crippen LogP contribution in [0.4, 0.5) is 0 Å². The number of ether oxygens (including phenoxy) is 1. The predicted octanol–water partition coefficient (Wildman–Crippen LogP) is 1.15. The lowest BCUT2D eigenvalue weighted by Gasteiger charge is -2.07. The van der Waals surface area contributed by atoms with Crippen LogP contribution in [0.15, 0.2) is 0 Å². The Morgan fingerprint density at radius 2 is 2.55 bits per heavy atom. The van der Waals surface area contributed by atoms with Crippen LogP contribution in [-0.4, -0.2) is 19.3 Å². The lowest BCUT2D eigenvalue weighted by Crippen LogP contribution is -2.17. The van der Waals surface area contributed by atoms with Crippen molar-refractivity contribution in [2.75, 3.05) is 13.2 Å². The van der Waals surface area contributed by atoms with Crippen molar-refractivity contribution >= 4 is 0 Å². The molecule has 0 radical (unpaired) electrons. The fraction of sp³-hybridized carbons (Fsp3) is 1.00. The van der Waals surface area contributed by atoms with E-state index in [-0.39, 0.29) is 0 Å². The van der Waals surface area contributed by atoms with Crippen LogP contribution in [0.5, 0.6) is 0 Å². The van der Waals surface area contributed by atoms with E-state index in [1.165, 1.54) is 19.3 Å². The summed E-state index contributed by atoms with van der Waals surface area (Å²) in [5.74, 6) is 0.880. The first kappa shape index (κ1) is 7.56. The van der Waals surface area contributed by atoms with Gasteiger partial charge in [0.2, 0.25) is 0 Å². The second-order valence-corrected chi connectivity index (χ2v) is 4.28. The summed E-state index contributed by atoms with van der Waals surface area (Å²) in [6.07, 6.45) is 3.85. The minimum Gasteiger partial charge on any atom is -0.381 e. The van der Waals surface area contributed by atoms with Gasteiger partial charge in [-0.05, 0) is 37.5 Å². The van der Waals surface area contributed by atoms with Crippen LogP contribution in [0.3, 0.4) is 0 Å². The molecular weight excluding hydrogens is 138 g/mol. The Balaban J connectivity index is 1.84. The van der Waals surface area contributed by atoms with E-state index >= 15 is 0 Å². The maximum Gasteiger partial charge on any atom is 0.0526 e.